The Bertz CT molecular complexity index is 405. The van der Waals surface area contributed by atoms with Crippen molar-refractivity contribution < 1.29 is 27.9 Å². The van der Waals surface area contributed by atoms with E-state index >= 15 is 0 Å². The number of carbonyl (C=O) groups is 1. The number of hydrogen-bond donors (Lipinski definition) is 0. The predicted molar refractivity (Wildman–Crippen MR) is 66.9 cm³/mol. The fourth-order valence-electron chi connectivity index (χ4n) is 1.62. The Labute approximate surface area is 111 Å². The van der Waals surface area contributed by atoms with Crippen LogP contribution in [0, 0.1) is 0 Å². The van der Waals surface area contributed by atoms with E-state index in [1.807, 2.05) is 0 Å². The van der Waals surface area contributed by atoms with E-state index in [1.165, 1.54) is 4.90 Å². The number of amides is 1. The van der Waals surface area contributed by atoms with Crippen LogP contribution in [0.5, 0.6) is 0 Å². The highest BCUT2D eigenvalue weighted by atomic mass is 31.2. The quantitative estimate of drug-likeness (QED) is 0.311. The van der Waals surface area contributed by atoms with Crippen LogP contribution >= 0.6 is 7.60 Å². The Morgan fingerprint density at radius 1 is 1.32 bits per heavy atom. The van der Waals surface area contributed by atoms with Gasteiger partial charge in [-0.1, -0.05) is 0 Å². The second-order valence-electron chi connectivity index (χ2n) is 3.66. The smallest absolute Gasteiger partial charge is 0.378 e. The number of rotatable bonds is 6. The first kappa shape index (κ1) is 16.0. The molecule has 0 aromatic rings. The molecule has 0 saturated carbocycles. The van der Waals surface area contributed by atoms with Gasteiger partial charge in [-0.05, 0) is 13.8 Å². The molecule has 0 aliphatic carbocycles. The molecule has 1 aliphatic rings. The van der Waals surface area contributed by atoms with E-state index in [2.05, 4.69) is 4.79 Å². The third-order valence-electron chi connectivity index (χ3n) is 2.44. The van der Waals surface area contributed by atoms with E-state index in [0.29, 0.717) is 26.3 Å². The van der Waals surface area contributed by atoms with Crippen molar-refractivity contribution in [1.82, 2.24) is 4.90 Å². The van der Waals surface area contributed by atoms with Crippen LogP contribution < -0.4 is 0 Å². The SMILES string of the molecule is CCOP(=O)(OCC)C(=[N+]=[N-])C(=O)N1CCOCC1. The third kappa shape index (κ3) is 3.96. The Hall–Kier alpha value is -1.04. The highest BCUT2D eigenvalue weighted by molar-refractivity contribution is 7.74. The zero-order valence-electron chi connectivity index (χ0n) is 11.1. The molecule has 0 atom stereocenters. The van der Waals surface area contributed by atoms with E-state index in [-0.39, 0.29) is 13.2 Å². The standard InChI is InChI=1S/C10H18N3O5P/c1-3-17-19(15,18-4-2)9(12-11)10(14)13-5-7-16-8-6-13/h3-8H2,1-2H3. The maximum atomic E-state index is 12.4. The Morgan fingerprint density at radius 2 is 1.84 bits per heavy atom. The minimum atomic E-state index is -3.88. The van der Waals surface area contributed by atoms with Crippen molar-refractivity contribution in [3.8, 4) is 0 Å². The average molecular weight is 291 g/mol. The van der Waals surface area contributed by atoms with E-state index in [9.17, 15) is 9.36 Å². The zero-order valence-corrected chi connectivity index (χ0v) is 12.0. The molecular weight excluding hydrogens is 273 g/mol. The summed E-state index contributed by atoms with van der Waals surface area (Å²) in [7, 11) is -3.88. The van der Waals surface area contributed by atoms with Crippen LogP contribution in [0.4, 0.5) is 0 Å². The van der Waals surface area contributed by atoms with Crippen LogP contribution in [-0.2, 0) is 23.1 Å². The largest absolute Gasteiger partial charge is 0.465 e. The van der Waals surface area contributed by atoms with Crippen molar-refractivity contribution in [3.05, 3.63) is 5.53 Å². The average Bonchev–Trinajstić information content (AvgIpc) is 2.40. The molecule has 1 amide bonds. The summed E-state index contributed by atoms with van der Waals surface area (Å²) in [6.45, 7) is 4.83. The maximum Gasteiger partial charge on any atom is 0.465 e. The molecule has 8 nitrogen and oxygen atoms in total. The molecule has 1 heterocycles. The van der Waals surface area contributed by atoms with Crippen LogP contribution in [0.2, 0.25) is 0 Å². The van der Waals surface area contributed by atoms with Crippen molar-refractivity contribution in [2.75, 3.05) is 39.5 Å². The van der Waals surface area contributed by atoms with Gasteiger partial charge in [0.15, 0.2) is 0 Å². The van der Waals surface area contributed by atoms with Gasteiger partial charge in [-0.15, -0.1) is 0 Å². The summed E-state index contributed by atoms with van der Waals surface area (Å²) in [4.78, 5) is 16.4. The van der Waals surface area contributed by atoms with Gasteiger partial charge in [0.1, 0.15) is 0 Å². The highest BCUT2D eigenvalue weighted by Gasteiger charge is 2.47. The first-order valence-electron chi connectivity index (χ1n) is 6.07. The van der Waals surface area contributed by atoms with Crippen LogP contribution in [0.15, 0.2) is 0 Å². The molecule has 108 valence electrons. The summed E-state index contributed by atoms with van der Waals surface area (Å²) >= 11 is 0. The summed E-state index contributed by atoms with van der Waals surface area (Å²) in [6.07, 6.45) is 0. The number of morpholine rings is 1. The molecule has 19 heavy (non-hydrogen) atoms. The van der Waals surface area contributed by atoms with E-state index < -0.39 is 19.0 Å². The monoisotopic (exact) mass is 291 g/mol. The third-order valence-corrected chi connectivity index (χ3v) is 4.44. The lowest BCUT2D eigenvalue weighted by Gasteiger charge is -2.25. The number of carbonyl (C=O) groups excluding carboxylic acids is 1. The van der Waals surface area contributed by atoms with Gasteiger partial charge >= 0.3 is 19.0 Å². The van der Waals surface area contributed by atoms with E-state index in [0.717, 1.165) is 0 Å². The molecule has 1 fully saturated rings. The Morgan fingerprint density at radius 3 is 2.26 bits per heavy atom. The zero-order chi connectivity index (χ0) is 14.3. The van der Waals surface area contributed by atoms with Gasteiger partial charge in [-0.3, -0.25) is 4.79 Å². The van der Waals surface area contributed by atoms with Crippen LogP contribution in [-0.4, -0.2) is 60.6 Å². The van der Waals surface area contributed by atoms with Gasteiger partial charge < -0.3 is 24.2 Å². The molecule has 0 unspecified atom stereocenters. The highest BCUT2D eigenvalue weighted by Crippen LogP contribution is 2.49. The Balaban J connectivity index is 2.94. The summed E-state index contributed by atoms with van der Waals surface area (Å²) in [5, 5.41) is 0. The molecule has 0 radical (unpaired) electrons. The maximum absolute atomic E-state index is 12.4. The van der Waals surface area contributed by atoms with Gasteiger partial charge in [0.25, 0.3) is 0 Å². The molecule has 1 aliphatic heterocycles. The van der Waals surface area contributed by atoms with Crippen molar-refractivity contribution in [3.63, 3.8) is 0 Å². The molecule has 1 rings (SSSR count). The number of hydrogen-bond acceptors (Lipinski definition) is 5. The van der Waals surface area contributed by atoms with Gasteiger partial charge in [-0.2, -0.15) is 4.79 Å². The fourth-order valence-corrected chi connectivity index (χ4v) is 3.11. The molecule has 9 heteroatoms. The summed E-state index contributed by atoms with van der Waals surface area (Å²) in [5.74, 6) is -0.656. The normalized spacial score (nSPS) is 16.0. The molecule has 0 spiro atoms. The summed E-state index contributed by atoms with van der Waals surface area (Å²) < 4.78 is 27.5. The van der Waals surface area contributed by atoms with Gasteiger partial charge in [0.2, 0.25) is 0 Å². The second-order valence-corrected chi connectivity index (χ2v) is 5.60. The van der Waals surface area contributed by atoms with Crippen molar-refractivity contribution in [2.45, 2.75) is 13.8 Å². The second kappa shape index (κ2) is 7.53. The van der Waals surface area contributed by atoms with Crippen LogP contribution in [0.1, 0.15) is 13.8 Å². The van der Waals surface area contributed by atoms with Crippen LogP contribution in [0.3, 0.4) is 0 Å². The first-order valence-corrected chi connectivity index (χ1v) is 7.62. The molecule has 0 aromatic heterocycles. The lowest BCUT2D eigenvalue weighted by molar-refractivity contribution is -0.132. The number of ether oxygens (including phenoxy) is 1. The predicted octanol–water partition coefficient (Wildman–Crippen LogP) is 0.740. The van der Waals surface area contributed by atoms with Crippen LogP contribution in [0.25, 0.3) is 5.53 Å². The summed E-state index contributed by atoms with van der Waals surface area (Å²) in [5.41, 5.74) is 8.41. The first-order chi connectivity index (χ1) is 9.09. The van der Waals surface area contributed by atoms with Gasteiger partial charge in [0.05, 0.1) is 26.4 Å². The minimum Gasteiger partial charge on any atom is -0.378 e. The topological polar surface area (TPSA) is 101 Å². The van der Waals surface area contributed by atoms with Crippen molar-refractivity contribution >= 4 is 19.0 Å². The molecule has 0 aromatic carbocycles. The van der Waals surface area contributed by atoms with Gasteiger partial charge in [0, 0.05) is 13.1 Å². The number of nitrogens with zero attached hydrogens (tertiary/aromatic N) is 3. The summed E-state index contributed by atoms with van der Waals surface area (Å²) in [6, 6.07) is 0. The fraction of sp³-hybridized carbons (Fsp3) is 0.800. The van der Waals surface area contributed by atoms with E-state index in [4.69, 9.17) is 19.3 Å². The minimum absolute atomic E-state index is 0.0761. The van der Waals surface area contributed by atoms with E-state index in [1.54, 1.807) is 13.8 Å². The van der Waals surface area contributed by atoms with Crippen molar-refractivity contribution in [2.24, 2.45) is 0 Å². The molecule has 1 saturated heterocycles. The molecule has 0 bridgehead atoms. The lowest BCUT2D eigenvalue weighted by Crippen LogP contribution is -2.44. The molecule has 0 N–H and O–H groups in total. The van der Waals surface area contributed by atoms with Gasteiger partial charge in [-0.25, -0.2) is 4.57 Å². The lowest BCUT2D eigenvalue weighted by atomic mass is 10.4. The molecular formula is C10H18N3O5P. The van der Waals surface area contributed by atoms with Crippen molar-refractivity contribution in [1.29, 1.82) is 0 Å². The Kier molecular flexibility index (Phi) is 6.34.